The van der Waals surface area contributed by atoms with Gasteiger partial charge in [0.1, 0.15) is 0 Å². The zero-order valence-corrected chi connectivity index (χ0v) is 9.93. The molecule has 3 aliphatic rings. The minimum absolute atomic E-state index is 0.275. The summed E-state index contributed by atoms with van der Waals surface area (Å²) in [5.74, 6) is 2.58. The molecule has 3 unspecified atom stereocenters. The van der Waals surface area contributed by atoms with Crippen LogP contribution >= 0.6 is 0 Å². The van der Waals surface area contributed by atoms with Gasteiger partial charge in [0.2, 0.25) is 5.91 Å². The largest absolute Gasteiger partial charge is 0.391 e. The summed E-state index contributed by atoms with van der Waals surface area (Å²) in [6.45, 7) is 0.539. The molecule has 0 aliphatic heterocycles. The number of hydrogen-bond acceptors (Lipinski definition) is 2. The van der Waals surface area contributed by atoms with E-state index in [0.29, 0.717) is 24.3 Å². The van der Waals surface area contributed by atoms with Crippen molar-refractivity contribution in [2.75, 3.05) is 13.6 Å². The predicted octanol–water partition coefficient (Wildman–Crippen LogP) is 1.26. The molecule has 3 atom stereocenters. The van der Waals surface area contributed by atoms with E-state index in [0.717, 1.165) is 25.2 Å². The molecule has 3 fully saturated rings. The summed E-state index contributed by atoms with van der Waals surface area (Å²) >= 11 is 0. The minimum Gasteiger partial charge on any atom is -0.391 e. The summed E-state index contributed by atoms with van der Waals surface area (Å²) in [5.41, 5.74) is 0. The highest BCUT2D eigenvalue weighted by atomic mass is 16.3. The second kappa shape index (κ2) is 3.73. The number of likely N-dealkylation sites (N-methyl/N-ethyl adjacent to an activating group) is 1. The normalized spacial score (nSPS) is 34.6. The lowest BCUT2D eigenvalue weighted by Gasteiger charge is -2.20. The van der Waals surface area contributed by atoms with Crippen molar-refractivity contribution in [1.82, 2.24) is 4.90 Å². The monoisotopic (exact) mass is 223 g/mol. The Morgan fingerprint density at radius 3 is 2.62 bits per heavy atom. The van der Waals surface area contributed by atoms with Crippen molar-refractivity contribution in [1.29, 1.82) is 0 Å². The average molecular weight is 223 g/mol. The Balaban J connectivity index is 1.46. The molecule has 0 spiro atoms. The van der Waals surface area contributed by atoms with Crippen LogP contribution < -0.4 is 0 Å². The maximum Gasteiger partial charge on any atom is 0.225 e. The first-order chi connectivity index (χ1) is 7.66. The molecule has 0 heterocycles. The lowest BCUT2D eigenvalue weighted by Crippen LogP contribution is -2.36. The van der Waals surface area contributed by atoms with Gasteiger partial charge < -0.3 is 10.0 Å². The van der Waals surface area contributed by atoms with Crippen molar-refractivity contribution in [3.8, 4) is 0 Å². The minimum atomic E-state index is -0.285. The summed E-state index contributed by atoms with van der Waals surface area (Å²) in [7, 11) is 1.84. The Labute approximate surface area is 96.8 Å². The topological polar surface area (TPSA) is 40.5 Å². The van der Waals surface area contributed by atoms with Gasteiger partial charge in [0.25, 0.3) is 0 Å². The van der Waals surface area contributed by atoms with Gasteiger partial charge in [-0.2, -0.15) is 0 Å². The third kappa shape index (κ3) is 2.10. The number of amides is 1. The van der Waals surface area contributed by atoms with Crippen molar-refractivity contribution in [2.45, 2.75) is 38.2 Å². The molecule has 0 bridgehead atoms. The molecule has 0 aromatic heterocycles. The van der Waals surface area contributed by atoms with Gasteiger partial charge in [0.05, 0.1) is 6.10 Å². The molecule has 0 aromatic carbocycles. The van der Waals surface area contributed by atoms with Crippen LogP contribution in [0.3, 0.4) is 0 Å². The highest BCUT2D eigenvalue weighted by Crippen LogP contribution is 2.54. The van der Waals surface area contributed by atoms with Gasteiger partial charge in [-0.3, -0.25) is 4.79 Å². The fourth-order valence-electron chi connectivity index (χ4n) is 2.83. The first-order valence-electron chi connectivity index (χ1n) is 6.60. The first-order valence-corrected chi connectivity index (χ1v) is 6.60. The molecule has 0 radical (unpaired) electrons. The molecule has 3 rings (SSSR count). The molecule has 16 heavy (non-hydrogen) atoms. The van der Waals surface area contributed by atoms with Gasteiger partial charge in [0, 0.05) is 19.5 Å². The molecular weight excluding hydrogens is 202 g/mol. The van der Waals surface area contributed by atoms with Crippen molar-refractivity contribution in [2.24, 2.45) is 23.7 Å². The van der Waals surface area contributed by atoms with Gasteiger partial charge in [-0.05, 0) is 49.9 Å². The summed E-state index contributed by atoms with van der Waals surface area (Å²) in [6.07, 6.45) is 5.76. The predicted molar refractivity (Wildman–Crippen MR) is 60.7 cm³/mol. The number of nitrogens with zero attached hydrogens (tertiary/aromatic N) is 1. The quantitative estimate of drug-likeness (QED) is 0.762. The van der Waals surface area contributed by atoms with Crippen LogP contribution in [-0.4, -0.2) is 35.6 Å². The first kappa shape index (κ1) is 10.6. The molecule has 3 saturated carbocycles. The van der Waals surface area contributed by atoms with Gasteiger partial charge >= 0.3 is 0 Å². The summed E-state index contributed by atoms with van der Waals surface area (Å²) in [6, 6.07) is 0. The van der Waals surface area contributed by atoms with Gasteiger partial charge in [0.15, 0.2) is 0 Å². The van der Waals surface area contributed by atoms with E-state index in [9.17, 15) is 9.90 Å². The molecule has 1 amide bonds. The Morgan fingerprint density at radius 1 is 1.38 bits per heavy atom. The second-order valence-corrected chi connectivity index (χ2v) is 5.97. The molecule has 3 aliphatic carbocycles. The maximum atomic E-state index is 12.0. The van der Waals surface area contributed by atoms with E-state index in [1.54, 1.807) is 4.90 Å². The highest BCUT2D eigenvalue weighted by molar-refractivity contribution is 5.81. The van der Waals surface area contributed by atoms with Gasteiger partial charge in [-0.25, -0.2) is 0 Å². The number of hydrogen-bond donors (Lipinski definition) is 1. The number of carbonyl (C=O) groups excluding carboxylic acids is 1. The SMILES string of the molecule is CN(CC(O)C1CC1)C(=O)C1CC1C1CC1. The third-order valence-corrected chi connectivity index (χ3v) is 4.39. The van der Waals surface area contributed by atoms with Gasteiger partial charge in [-0.1, -0.05) is 0 Å². The van der Waals surface area contributed by atoms with Crippen LogP contribution in [0.2, 0.25) is 0 Å². The summed E-state index contributed by atoms with van der Waals surface area (Å²) < 4.78 is 0. The van der Waals surface area contributed by atoms with Gasteiger partial charge in [-0.15, -0.1) is 0 Å². The number of aliphatic hydroxyl groups is 1. The Bertz CT molecular complexity index is 296. The van der Waals surface area contributed by atoms with Crippen LogP contribution in [0.25, 0.3) is 0 Å². The van der Waals surface area contributed by atoms with Crippen LogP contribution in [0.4, 0.5) is 0 Å². The lowest BCUT2D eigenvalue weighted by atomic mass is 10.2. The molecule has 90 valence electrons. The van der Waals surface area contributed by atoms with Crippen molar-refractivity contribution in [3.05, 3.63) is 0 Å². The molecule has 0 aromatic rings. The smallest absolute Gasteiger partial charge is 0.225 e. The van der Waals surface area contributed by atoms with Crippen LogP contribution in [0, 0.1) is 23.7 Å². The van der Waals surface area contributed by atoms with E-state index in [2.05, 4.69) is 0 Å². The van der Waals surface area contributed by atoms with E-state index in [-0.39, 0.29) is 12.0 Å². The van der Waals surface area contributed by atoms with E-state index >= 15 is 0 Å². The molecule has 3 heteroatoms. The van der Waals surface area contributed by atoms with Crippen molar-refractivity contribution in [3.63, 3.8) is 0 Å². The van der Waals surface area contributed by atoms with Crippen LogP contribution in [-0.2, 0) is 4.79 Å². The van der Waals surface area contributed by atoms with E-state index in [1.165, 1.54) is 12.8 Å². The summed E-state index contributed by atoms with van der Waals surface area (Å²) in [4.78, 5) is 13.8. The molecule has 1 N–H and O–H groups in total. The van der Waals surface area contributed by atoms with E-state index < -0.39 is 0 Å². The van der Waals surface area contributed by atoms with Crippen LogP contribution in [0.5, 0.6) is 0 Å². The standard InChI is InChI=1S/C13H21NO2/c1-14(7-12(15)9-4-5-9)13(16)11-6-10(11)8-2-3-8/h8-12,15H,2-7H2,1H3. The zero-order chi connectivity index (χ0) is 11.3. The Morgan fingerprint density at radius 2 is 2.06 bits per heavy atom. The molecule has 0 saturated heterocycles. The van der Waals surface area contributed by atoms with Crippen molar-refractivity contribution < 1.29 is 9.90 Å². The molecular formula is C13H21NO2. The van der Waals surface area contributed by atoms with Crippen LogP contribution in [0.15, 0.2) is 0 Å². The molecule has 3 nitrogen and oxygen atoms in total. The third-order valence-electron chi connectivity index (χ3n) is 4.39. The number of carbonyl (C=O) groups is 1. The summed E-state index contributed by atoms with van der Waals surface area (Å²) in [5, 5.41) is 9.80. The second-order valence-electron chi connectivity index (χ2n) is 5.97. The average Bonchev–Trinajstić information content (AvgIpc) is 3.17. The number of aliphatic hydroxyl groups excluding tert-OH is 1. The van der Waals surface area contributed by atoms with E-state index in [4.69, 9.17) is 0 Å². The maximum absolute atomic E-state index is 12.0. The fourth-order valence-corrected chi connectivity index (χ4v) is 2.83. The lowest BCUT2D eigenvalue weighted by molar-refractivity contribution is -0.133. The highest BCUT2D eigenvalue weighted by Gasteiger charge is 2.52. The fraction of sp³-hybridized carbons (Fsp3) is 0.923. The Hall–Kier alpha value is -0.570. The van der Waals surface area contributed by atoms with E-state index in [1.807, 2.05) is 7.05 Å². The van der Waals surface area contributed by atoms with Crippen LogP contribution in [0.1, 0.15) is 32.1 Å². The Kier molecular flexibility index (Phi) is 2.46. The number of rotatable bonds is 5. The van der Waals surface area contributed by atoms with Crippen molar-refractivity contribution >= 4 is 5.91 Å². The zero-order valence-electron chi connectivity index (χ0n) is 9.93.